The summed E-state index contributed by atoms with van der Waals surface area (Å²) >= 11 is 10.1. The van der Waals surface area contributed by atoms with Crippen LogP contribution in [0.2, 0.25) is 0 Å². The molecular weight excluding hydrogens is 326 g/mol. The molecule has 0 aliphatic carbocycles. The summed E-state index contributed by atoms with van der Waals surface area (Å²) in [6.07, 6.45) is 2.52. The van der Waals surface area contributed by atoms with Crippen molar-refractivity contribution in [3.63, 3.8) is 0 Å². The van der Waals surface area contributed by atoms with Gasteiger partial charge in [0.05, 0.1) is 18.0 Å². The van der Waals surface area contributed by atoms with Crippen molar-refractivity contribution in [2.45, 2.75) is 30.2 Å². The SMILES string of the molecule is COc1ccc(S(=O)(=O)N2CCCC[C@@H]2C(=S)C=S)cc1. The maximum Gasteiger partial charge on any atom is 0.243 e. The number of nitrogens with zero attached hydrogens (tertiary/aromatic N) is 1. The van der Waals surface area contributed by atoms with Crippen LogP contribution in [-0.4, -0.2) is 42.7 Å². The second-order valence-electron chi connectivity index (χ2n) is 4.82. The predicted octanol–water partition coefficient (Wildman–Crippen LogP) is 2.61. The molecule has 0 unspecified atom stereocenters. The van der Waals surface area contributed by atoms with E-state index in [4.69, 9.17) is 29.2 Å². The van der Waals surface area contributed by atoms with Crippen LogP contribution >= 0.6 is 24.4 Å². The Kier molecular flexibility index (Phi) is 5.43. The van der Waals surface area contributed by atoms with E-state index >= 15 is 0 Å². The van der Waals surface area contributed by atoms with Gasteiger partial charge in [-0.15, -0.1) is 0 Å². The zero-order chi connectivity index (χ0) is 15.5. The van der Waals surface area contributed by atoms with Crippen molar-refractivity contribution < 1.29 is 13.2 Å². The molecule has 1 heterocycles. The molecular formula is C14H17NO3S3. The van der Waals surface area contributed by atoms with Gasteiger partial charge in [-0.3, -0.25) is 0 Å². The van der Waals surface area contributed by atoms with E-state index in [0.29, 0.717) is 17.2 Å². The van der Waals surface area contributed by atoms with Gasteiger partial charge in [0.15, 0.2) is 0 Å². The number of benzene rings is 1. The average molecular weight is 343 g/mol. The van der Waals surface area contributed by atoms with Gasteiger partial charge in [-0.1, -0.05) is 30.9 Å². The maximum absolute atomic E-state index is 12.8. The molecule has 0 saturated carbocycles. The highest BCUT2D eigenvalue weighted by molar-refractivity contribution is 7.90. The lowest BCUT2D eigenvalue weighted by molar-refractivity contribution is 0.309. The summed E-state index contributed by atoms with van der Waals surface area (Å²) in [6, 6.07) is 6.09. The number of rotatable bonds is 5. The molecule has 2 rings (SSSR count). The molecule has 1 fully saturated rings. The smallest absolute Gasteiger partial charge is 0.243 e. The van der Waals surface area contributed by atoms with Gasteiger partial charge in [-0.25, -0.2) is 8.42 Å². The normalized spacial score (nSPS) is 20.0. The summed E-state index contributed by atoms with van der Waals surface area (Å²) in [4.78, 5) is 0.768. The van der Waals surface area contributed by atoms with Crippen molar-refractivity contribution in [1.29, 1.82) is 0 Å². The van der Waals surface area contributed by atoms with E-state index in [0.717, 1.165) is 19.3 Å². The lowest BCUT2D eigenvalue weighted by Gasteiger charge is -2.34. The van der Waals surface area contributed by atoms with Crippen molar-refractivity contribution in [3.05, 3.63) is 24.3 Å². The van der Waals surface area contributed by atoms with Gasteiger partial charge in [0.2, 0.25) is 10.0 Å². The Hall–Kier alpha value is -0.890. The van der Waals surface area contributed by atoms with Crippen LogP contribution in [0.3, 0.4) is 0 Å². The third-order valence-corrected chi connectivity index (χ3v) is 6.28. The van der Waals surface area contributed by atoms with Crippen molar-refractivity contribution in [1.82, 2.24) is 4.31 Å². The summed E-state index contributed by atoms with van der Waals surface area (Å²) in [5.41, 5.74) is 0. The summed E-state index contributed by atoms with van der Waals surface area (Å²) in [5.74, 6) is 0.624. The van der Waals surface area contributed by atoms with Crippen LogP contribution < -0.4 is 4.74 Å². The lowest BCUT2D eigenvalue weighted by Crippen LogP contribution is -2.47. The highest BCUT2D eigenvalue weighted by atomic mass is 32.2. The molecule has 0 radical (unpaired) electrons. The predicted molar refractivity (Wildman–Crippen MR) is 90.8 cm³/mol. The Morgan fingerprint density at radius 2 is 2.00 bits per heavy atom. The van der Waals surface area contributed by atoms with Crippen molar-refractivity contribution in [2.24, 2.45) is 0 Å². The Morgan fingerprint density at radius 3 is 2.57 bits per heavy atom. The van der Waals surface area contributed by atoms with Crippen LogP contribution in [0.15, 0.2) is 29.2 Å². The zero-order valence-corrected chi connectivity index (χ0v) is 14.1. The molecule has 1 saturated heterocycles. The summed E-state index contributed by atoms with van der Waals surface area (Å²) in [5, 5.41) is 1.40. The van der Waals surface area contributed by atoms with Crippen LogP contribution in [0.25, 0.3) is 0 Å². The Balaban J connectivity index is 2.35. The van der Waals surface area contributed by atoms with Gasteiger partial charge in [0.25, 0.3) is 0 Å². The Morgan fingerprint density at radius 1 is 1.33 bits per heavy atom. The van der Waals surface area contributed by atoms with Crippen LogP contribution in [0, 0.1) is 0 Å². The van der Waals surface area contributed by atoms with E-state index in [1.54, 1.807) is 31.4 Å². The maximum atomic E-state index is 12.8. The van der Waals surface area contributed by atoms with Gasteiger partial charge in [0, 0.05) is 16.8 Å². The Bertz CT molecular complexity index is 625. The van der Waals surface area contributed by atoms with E-state index in [9.17, 15) is 8.42 Å². The molecule has 0 bridgehead atoms. The van der Waals surface area contributed by atoms with Crippen LogP contribution in [0.4, 0.5) is 0 Å². The van der Waals surface area contributed by atoms with E-state index < -0.39 is 10.0 Å². The minimum atomic E-state index is -3.57. The van der Waals surface area contributed by atoms with Crippen molar-refractivity contribution >= 4 is 44.7 Å². The molecule has 7 heteroatoms. The minimum Gasteiger partial charge on any atom is -0.497 e. The molecule has 4 nitrogen and oxygen atoms in total. The Labute approximate surface area is 136 Å². The topological polar surface area (TPSA) is 46.6 Å². The molecule has 1 aliphatic rings. The average Bonchev–Trinajstić information content (AvgIpc) is 2.54. The fourth-order valence-corrected chi connectivity index (χ4v) is 4.58. The van der Waals surface area contributed by atoms with Gasteiger partial charge in [0.1, 0.15) is 5.75 Å². The second-order valence-corrected chi connectivity index (χ2v) is 7.42. The van der Waals surface area contributed by atoms with E-state index in [1.165, 1.54) is 9.67 Å². The fourth-order valence-electron chi connectivity index (χ4n) is 2.44. The number of piperidine rings is 1. The van der Waals surface area contributed by atoms with E-state index in [-0.39, 0.29) is 10.9 Å². The molecule has 0 N–H and O–H groups in total. The first-order valence-electron chi connectivity index (χ1n) is 6.65. The van der Waals surface area contributed by atoms with Gasteiger partial charge in [-0.2, -0.15) is 4.31 Å². The van der Waals surface area contributed by atoms with E-state index in [2.05, 4.69) is 0 Å². The standard InChI is InChI=1S/C14H17NO3S3/c1-18-11-5-7-12(8-6-11)21(16,17)15-9-3-2-4-13(15)14(20)10-19/h5-8,10,13H,2-4,9H2,1H3/t13-/m1/s1. The molecule has 1 atom stereocenters. The van der Waals surface area contributed by atoms with Crippen molar-refractivity contribution in [2.75, 3.05) is 13.7 Å². The van der Waals surface area contributed by atoms with E-state index in [1.807, 2.05) is 0 Å². The fraction of sp³-hybridized carbons (Fsp3) is 0.429. The largest absolute Gasteiger partial charge is 0.497 e. The highest BCUT2D eigenvalue weighted by Crippen LogP contribution is 2.27. The number of sulfonamides is 1. The molecule has 1 aromatic rings. The first-order chi connectivity index (χ1) is 10.0. The number of thiocarbonyl (C=S) groups is 2. The quantitative estimate of drug-likeness (QED) is 0.769. The van der Waals surface area contributed by atoms with Gasteiger partial charge >= 0.3 is 0 Å². The number of hydrogen-bond acceptors (Lipinski definition) is 5. The molecule has 114 valence electrons. The van der Waals surface area contributed by atoms with Crippen LogP contribution in [0.5, 0.6) is 5.75 Å². The van der Waals surface area contributed by atoms with Crippen molar-refractivity contribution in [3.8, 4) is 5.75 Å². The second kappa shape index (κ2) is 6.91. The molecule has 1 aliphatic heterocycles. The first-order valence-corrected chi connectivity index (χ1v) is 8.97. The first kappa shape index (κ1) is 16.5. The third kappa shape index (κ3) is 3.48. The highest BCUT2D eigenvalue weighted by Gasteiger charge is 2.35. The van der Waals surface area contributed by atoms with Crippen LogP contribution in [-0.2, 0) is 10.0 Å². The summed E-state index contributed by atoms with van der Waals surface area (Å²) in [6.45, 7) is 0.475. The molecule has 0 spiro atoms. The summed E-state index contributed by atoms with van der Waals surface area (Å²) < 4.78 is 32.1. The number of methoxy groups -OCH3 is 1. The minimum absolute atomic E-state index is 0.252. The zero-order valence-electron chi connectivity index (χ0n) is 11.7. The monoisotopic (exact) mass is 343 g/mol. The lowest BCUT2D eigenvalue weighted by atomic mass is 10.0. The van der Waals surface area contributed by atoms with Gasteiger partial charge in [-0.05, 0) is 37.1 Å². The third-order valence-electron chi connectivity index (χ3n) is 3.56. The van der Waals surface area contributed by atoms with Crippen LogP contribution in [0.1, 0.15) is 19.3 Å². The summed E-state index contributed by atoms with van der Waals surface area (Å²) in [7, 11) is -2.02. The number of ether oxygens (including phenoxy) is 1. The molecule has 0 amide bonds. The van der Waals surface area contributed by atoms with Gasteiger partial charge < -0.3 is 4.74 Å². The molecule has 0 aromatic heterocycles. The number of hydrogen-bond donors (Lipinski definition) is 0. The molecule has 1 aromatic carbocycles. The molecule has 21 heavy (non-hydrogen) atoms.